The van der Waals surface area contributed by atoms with E-state index >= 15 is 0 Å². The minimum Gasteiger partial charge on any atom is -0.478 e. The Morgan fingerprint density at radius 1 is 1.21 bits per heavy atom. The van der Waals surface area contributed by atoms with E-state index in [0.717, 1.165) is 11.3 Å². The molecule has 0 unspecified atom stereocenters. The molecular formula is C25H21N5O3S. The molecule has 0 bridgehead atoms. The van der Waals surface area contributed by atoms with Gasteiger partial charge in [0.1, 0.15) is 11.6 Å². The van der Waals surface area contributed by atoms with Crippen LogP contribution in [0.25, 0.3) is 5.69 Å². The molecule has 4 aromatic rings. The second kappa shape index (κ2) is 7.81. The van der Waals surface area contributed by atoms with Gasteiger partial charge in [-0.25, -0.2) is 14.5 Å². The van der Waals surface area contributed by atoms with E-state index < -0.39 is 11.9 Å². The normalized spacial score (nSPS) is 19.5. The van der Waals surface area contributed by atoms with E-state index in [1.807, 2.05) is 18.4 Å². The summed E-state index contributed by atoms with van der Waals surface area (Å²) in [6.45, 7) is 1.88. The van der Waals surface area contributed by atoms with Crippen LogP contribution in [0.3, 0.4) is 0 Å². The van der Waals surface area contributed by atoms with Crippen molar-refractivity contribution in [3.63, 3.8) is 0 Å². The predicted molar refractivity (Wildman–Crippen MR) is 128 cm³/mol. The maximum atomic E-state index is 13.5. The monoisotopic (exact) mass is 471 g/mol. The van der Waals surface area contributed by atoms with Gasteiger partial charge in [-0.2, -0.15) is 5.10 Å². The Labute approximate surface area is 199 Å². The number of benzene rings is 1. The second-order valence-electron chi connectivity index (χ2n) is 8.55. The van der Waals surface area contributed by atoms with E-state index in [1.54, 1.807) is 52.7 Å². The van der Waals surface area contributed by atoms with Gasteiger partial charge in [0, 0.05) is 46.4 Å². The van der Waals surface area contributed by atoms with Crippen molar-refractivity contribution in [3.05, 3.63) is 93.0 Å². The van der Waals surface area contributed by atoms with Gasteiger partial charge in [0.15, 0.2) is 5.78 Å². The highest BCUT2D eigenvalue weighted by Gasteiger charge is 2.42. The summed E-state index contributed by atoms with van der Waals surface area (Å²) in [4.78, 5) is 34.4. The highest BCUT2D eigenvalue weighted by Crippen LogP contribution is 2.49. The minimum atomic E-state index is -1.03. The number of carbonyl (C=O) groups is 2. The van der Waals surface area contributed by atoms with E-state index in [1.165, 1.54) is 4.88 Å². The van der Waals surface area contributed by atoms with Crippen molar-refractivity contribution in [1.82, 2.24) is 19.7 Å². The number of anilines is 1. The lowest BCUT2D eigenvalue weighted by molar-refractivity contribution is -0.116. The maximum Gasteiger partial charge on any atom is 0.337 e. The summed E-state index contributed by atoms with van der Waals surface area (Å²) in [5, 5.41) is 20.0. The first-order chi connectivity index (χ1) is 16.5. The number of hydrogen-bond acceptors (Lipinski definition) is 6. The molecule has 0 amide bonds. The SMILES string of the molecule is Cc1nn(-c2ccccc2C(=O)O)c2c1[C@H](c1ncc[nH]1)C1=C(C[C@@H](c3cccs3)CC1=O)N2. The summed E-state index contributed by atoms with van der Waals surface area (Å²) in [5.41, 5.74) is 3.72. The molecule has 0 radical (unpaired) electrons. The lowest BCUT2D eigenvalue weighted by atomic mass is 9.75. The van der Waals surface area contributed by atoms with E-state index in [4.69, 9.17) is 5.10 Å². The number of aromatic amines is 1. The van der Waals surface area contributed by atoms with Crippen LogP contribution in [0.2, 0.25) is 0 Å². The van der Waals surface area contributed by atoms with Crippen LogP contribution in [0.15, 0.2) is 65.4 Å². The topological polar surface area (TPSA) is 113 Å². The van der Waals surface area contributed by atoms with Gasteiger partial charge >= 0.3 is 5.97 Å². The van der Waals surface area contributed by atoms with E-state index in [2.05, 4.69) is 21.4 Å². The lowest BCUT2D eigenvalue weighted by Crippen LogP contribution is -2.30. The number of hydrogen-bond donors (Lipinski definition) is 3. The van der Waals surface area contributed by atoms with Gasteiger partial charge in [-0.3, -0.25) is 4.79 Å². The number of aryl methyl sites for hydroxylation is 1. The van der Waals surface area contributed by atoms with Crippen LogP contribution in [-0.4, -0.2) is 36.6 Å². The van der Waals surface area contributed by atoms with Crippen molar-refractivity contribution in [2.24, 2.45) is 0 Å². The number of rotatable bonds is 4. The number of nitrogens with one attached hydrogen (secondary N) is 2. The summed E-state index contributed by atoms with van der Waals surface area (Å²) >= 11 is 1.66. The van der Waals surface area contributed by atoms with Crippen LogP contribution in [0.4, 0.5) is 5.82 Å². The Hall–Kier alpha value is -3.98. The molecule has 34 heavy (non-hydrogen) atoms. The first-order valence-corrected chi connectivity index (χ1v) is 11.9. The van der Waals surface area contributed by atoms with Crippen molar-refractivity contribution in [2.45, 2.75) is 31.6 Å². The third kappa shape index (κ3) is 3.12. The molecule has 0 saturated heterocycles. The Bertz CT molecular complexity index is 1450. The highest BCUT2D eigenvalue weighted by molar-refractivity contribution is 7.10. The minimum absolute atomic E-state index is 0.0947. The molecule has 1 aliphatic heterocycles. The number of Topliss-reactive ketones (excluding diaryl/α,β-unsaturated/α-hetero) is 1. The molecule has 170 valence electrons. The largest absolute Gasteiger partial charge is 0.478 e. The smallest absolute Gasteiger partial charge is 0.337 e. The van der Waals surface area contributed by atoms with E-state index in [-0.39, 0.29) is 17.3 Å². The van der Waals surface area contributed by atoms with Gasteiger partial charge in [-0.1, -0.05) is 18.2 Å². The molecule has 0 saturated carbocycles. The number of thiophene rings is 1. The standard InChI is InChI=1S/C25H21N5O3S/c1-13-20-22(23-26-8-9-27-23)21-16(11-14(12-18(21)31)19-7-4-10-34-19)28-24(20)30(29-13)17-6-3-2-5-15(17)25(32)33/h2-10,14,22,28H,11-12H2,1H3,(H,26,27)(H,32,33)/t14-,22+/m1/s1. The predicted octanol–water partition coefficient (Wildman–Crippen LogP) is 4.62. The summed E-state index contributed by atoms with van der Waals surface area (Å²) in [7, 11) is 0. The molecule has 1 aromatic carbocycles. The summed E-state index contributed by atoms with van der Waals surface area (Å²) in [5.74, 6) is 0.113. The number of carboxylic acid groups (broad SMARTS) is 1. The molecule has 3 N–H and O–H groups in total. The first kappa shape index (κ1) is 20.6. The third-order valence-electron chi connectivity index (χ3n) is 6.56. The van der Waals surface area contributed by atoms with Crippen molar-refractivity contribution in [2.75, 3.05) is 5.32 Å². The number of imidazole rings is 1. The lowest BCUT2D eigenvalue weighted by Gasteiger charge is -2.34. The van der Waals surface area contributed by atoms with Crippen LogP contribution in [0.5, 0.6) is 0 Å². The van der Waals surface area contributed by atoms with Crippen molar-refractivity contribution >= 4 is 28.9 Å². The van der Waals surface area contributed by atoms with Gasteiger partial charge in [-0.15, -0.1) is 11.3 Å². The highest BCUT2D eigenvalue weighted by atomic mass is 32.1. The van der Waals surface area contributed by atoms with Gasteiger partial charge in [0.2, 0.25) is 0 Å². The fourth-order valence-electron chi connectivity index (χ4n) is 5.12. The summed E-state index contributed by atoms with van der Waals surface area (Å²) < 4.78 is 1.65. The average Bonchev–Trinajstić information content (AvgIpc) is 3.60. The molecule has 2 aliphatic rings. The Morgan fingerprint density at radius 3 is 2.79 bits per heavy atom. The zero-order valence-corrected chi connectivity index (χ0v) is 19.1. The van der Waals surface area contributed by atoms with Crippen molar-refractivity contribution in [3.8, 4) is 5.69 Å². The molecule has 2 atom stereocenters. The average molecular weight is 472 g/mol. The molecule has 4 heterocycles. The molecule has 6 rings (SSSR count). The van der Waals surface area contributed by atoms with E-state index in [9.17, 15) is 14.7 Å². The van der Waals surface area contributed by atoms with Crippen LogP contribution in [0, 0.1) is 6.92 Å². The number of ketones is 1. The molecule has 0 fully saturated rings. The molecular weight excluding hydrogens is 450 g/mol. The number of nitrogens with zero attached hydrogens (tertiary/aromatic N) is 3. The van der Waals surface area contributed by atoms with Crippen molar-refractivity contribution in [1.29, 1.82) is 0 Å². The molecule has 0 spiro atoms. The second-order valence-corrected chi connectivity index (χ2v) is 9.53. The first-order valence-electron chi connectivity index (χ1n) is 11.0. The molecule has 1 aliphatic carbocycles. The number of aromatic carboxylic acids is 1. The fourth-order valence-corrected chi connectivity index (χ4v) is 5.95. The number of carbonyl (C=O) groups excluding carboxylic acids is 1. The number of para-hydroxylation sites is 1. The molecule has 9 heteroatoms. The van der Waals surface area contributed by atoms with Gasteiger partial charge in [0.25, 0.3) is 0 Å². The number of fused-ring (bicyclic) bond motifs is 1. The molecule has 3 aromatic heterocycles. The number of aromatic nitrogens is 4. The summed E-state index contributed by atoms with van der Waals surface area (Å²) in [6.07, 6.45) is 4.56. The van der Waals surface area contributed by atoms with Crippen molar-refractivity contribution < 1.29 is 14.7 Å². The summed E-state index contributed by atoms with van der Waals surface area (Å²) in [6, 6.07) is 10.9. The van der Waals surface area contributed by atoms with Gasteiger partial charge in [0.05, 0.1) is 22.9 Å². The van der Waals surface area contributed by atoms with Gasteiger partial charge in [-0.05, 0) is 36.9 Å². The number of allylic oxidation sites excluding steroid dienone is 2. The Balaban J connectivity index is 1.55. The Morgan fingerprint density at radius 2 is 2.06 bits per heavy atom. The third-order valence-corrected chi connectivity index (χ3v) is 7.60. The molecule has 8 nitrogen and oxygen atoms in total. The maximum absolute atomic E-state index is 13.5. The van der Waals surface area contributed by atoms with E-state index in [0.29, 0.717) is 41.4 Å². The van der Waals surface area contributed by atoms with Crippen LogP contribution in [0.1, 0.15) is 57.0 Å². The number of H-pyrrole nitrogens is 1. The quantitative estimate of drug-likeness (QED) is 0.400. The Kier molecular flexibility index (Phi) is 4.73. The fraction of sp³-hybridized carbons (Fsp3) is 0.200. The van der Waals surface area contributed by atoms with Crippen LogP contribution in [-0.2, 0) is 4.79 Å². The number of carboxylic acids is 1. The van der Waals surface area contributed by atoms with Crippen LogP contribution < -0.4 is 5.32 Å². The van der Waals surface area contributed by atoms with Crippen LogP contribution >= 0.6 is 11.3 Å². The van der Waals surface area contributed by atoms with Gasteiger partial charge < -0.3 is 15.4 Å². The zero-order valence-electron chi connectivity index (χ0n) is 18.3. The zero-order chi connectivity index (χ0) is 23.4.